The van der Waals surface area contributed by atoms with Crippen LogP contribution in [0.4, 0.5) is 13.2 Å². The van der Waals surface area contributed by atoms with Gasteiger partial charge in [0, 0.05) is 26.2 Å². The van der Waals surface area contributed by atoms with E-state index < -0.39 is 39.1 Å². The third-order valence-electron chi connectivity index (χ3n) is 3.35. The van der Waals surface area contributed by atoms with E-state index in [1.54, 1.807) is 0 Å². The zero-order valence-electron chi connectivity index (χ0n) is 12.5. The molecule has 1 aliphatic rings. The minimum atomic E-state index is -4.64. The van der Waals surface area contributed by atoms with Crippen LogP contribution in [0.3, 0.4) is 0 Å². The SMILES string of the molecule is Cl.O=C(CNS(=O)(=O)c1cccc(C(F)(F)F)c1)N1CCNCC1. The molecule has 1 aromatic rings. The van der Waals surface area contributed by atoms with Gasteiger partial charge in [-0.2, -0.15) is 13.2 Å². The lowest BCUT2D eigenvalue weighted by Crippen LogP contribution is -2.49. The summed E-state index contributed by atoms with van der Waals surface area (Å²) in [6.07, 6.45) is -4.64. The Hall–Kier alpha value is -1.36. The second-order valence-corrected chi connectivity index (χ2v) is 6.75. The van der Waals surface area contributed by atoms with Crippen molar-refractivity contribution < 1.29 is 26.4 Å². The van der Waals surface area contributed by atoms with Crippen LogP contribution in [-0.4, -0.2) is 51.9 Å². The molecule has 2 N–H and O–H groups in total. The van der Waals surface area contributed by atoms with Crippen LogP contribution in [0.15, 0.2) is 29.2 Å². The lowest BCUT2D eigenvalue weighted by molar-refractivity contribution is -0.137. The van der Waals surface area contributed by atoms with Gasteiger partial charge in [-0.15, -0.1) is 12.4 Å². The molecule has 0 atom stereocenters. The number of carbonyl (C=O) groups excluding carboxylic acids is 1. The molecule has 0 spiro atoms. The summed E-state index contributed by atoms with van der Waals surface area (Å²) in [6, 6.07) is 3.38. The Morgan fingerprint density at radius 2 is 1.88 bits per heavy atom. The maximum atomic E-state index is 12.6. The van der Waals surface area contributed by atoms with Crippen molar-refractivity contribution in [1.29, 1.82) is 0 Å². The van der Waals surface area contributed by atoms with Gasteiger partial charge in [-0.05, 0) is 18.2 Å². The van der Waals surface area contributed by atoms with E-state index in [1.807, 2.05) is 4.72 Å². The smallest absolute Gasteiger partial charge is 0.339 e. The van der Waals surface area contributed by atoms with Crippen molar-refractivity contribution >= 4 is 28.3 Å². The number of amides is 1. The summed E-state index contributed by atoms with van der Waals surface area (Å²) in [5.41, 5.74) is -1.06. The molecule has 0 saturated carbocycles. The van der Waals surface area contributed by atoms with Gasteiger partial charge in [0.2, 0.25) is 15.9 Å². The molecule has 0 radical (unpaired) electrons. The minimum absolute atomic E-state index is 0. The average Bonchev–Trinajstić information content (AvgIpc) is 2.53. The van der Waals surface area contributed by atoms with Crippen molar-refractivity contribution in [3.8, 4) is 0 Å². The van der Waals surface area contributed by atoms with Gasteiger partial charge in [0.15, 0.2) is 0 Å². The predicted molar refractivity (Wildman–Crippen MR) is 83.3 cm³/mol. The number of carbonyl (C=O) groups is 1. The number of rotatable bonds is 4. The summed E-state index contributed by atoms with van der Waals surface area (Å²) in [5.74, 6) is -0.415. The highest BCUT2D eigenvalue weighted by atomic mass is 35.5. The molecular weight excluding hydrogens is 371 g/mol. The van der Waals surface area contributed by atoms with Gasteiger partial charge in [0.25, 0.3) is 0 Å². The molecule has 1 heterocycles. The van der Waals surface area contributed by atoms with E-state index >= 15 is 0 Å². The minimum Gasteiger partial charge on any atom is -0.339 e. The Kier molecular flexibility index (Phi) is 7.02. The van der Waals surface area contributed by atoms with Gasteiger partial charge >= 0.3 is 6.18 Å². The highest BCUT2D eigenvalue weighted by molar-refractivity contribution is 7.89. The summed E-state index contributed by atoms with van der Waals surface area (Å²) >= 11 is 0. The molecule has 1 saturated heterocycles. The molecule has 0 unspecified atom stereocenters. The van der Waals surface area contributed by atoms with Crippen molar-refractivity contribution in [1.82, 2.24) is 14.9 Å². The fraction of sp³-hybridized carbons (Fsp3) is 0.462. The highest BCUT2D eigenvalue weighted by Gasteiger charge is 2.31. The molecule has 1 aliphatic heterocycles. The van der Waals surface area contributed by atoms with Crippen LogP contribution in [0, 0.1) is 0 Å². The van der Waals surface area contributed by atoms with E-state index in [9.17, 15) is 26.4 Å². The molecule has 6 nitrogen and oxygen atoms in total. The number of hydrogen-bond acceptors (Lipinski definition) is 4. The summed E-state index contributed by atoms with van der Waals surface area (Å²) < 4.78 is 64.0. The standard InChI is InChI=1S/C13H16F3N3O3S.ClH/c14-13(15,16)10-2-1-3-11(8-10)23(21,22)18-9-12(20)19-6-4-17-5-7-19;/h1-3,8,17-18H,4-7,9H2;1H. The first-order valence-electron chi connectivity index (χ1n) is 6.85. The number of benzene rings is 1. The lowest BCUT2D eigenvalue weighted by atomic mass is 10.2. The van der Waals surface area contributed by atoms with Crippen LogP contribution in [0.1, 0.15) is 5.56 Å². The molecule has 0 bridgehead atoms. The fourth-order valence-electron chi connectivity index (χ4n) is 2.11. The molecule has 2 rings (SSSR count). The van der Waals surface area contributed by atoms with Gasteiger partial charge in [0.05, 0.1) is 17.0 Å². The van der Waals surface area contributed by atoms with E-state index in [2.05, 4.69) is 5.32 Å². The summed E-state index contributed by atoms with van der Waals surface area (Å²) in [4.78, 5) is 12.9. The van der Waals surface area contributed by atoms with E-state index in [0.717, 1.165) is 18.2 Å². The van der Waals surface area contributed by atoms with Gasteiger partial charge in [-0.3, -0.25) is 4.79 Å². The third kappa shape index (κ3) is 5.33. The van der Waals surface area contributed by atoms with Crippen LogP contribution in [-0.2, 0) is 21.0 Å². The Balaban J connectivity index is 0.00000288. The van der Waals surface area contributed by atoms with Crippen LogP contribution < -0.4 is 10.0 Å². The zero-order chi connectivity index (χ0) is 17.1. The van der Waals surface area contributed by atoms with Crippen molar-refractivity contribution in [3.63, 3.8) is 0 Å². The van der Waals surface area contributed by atoms with Crippen LogP contribution >= 0.6 is 12.4 Å². The highest BCUT2D eigenvalue weighted by Crippen LogP contribution is 2.30. The van der Waals surface area contributed by atoms with Gasteiger partial charge in [-0.1, -0.05) is 6.07 Å². The maximum Gasteiger partial charge on any atom is 0.416 e. The molecule has 24 heavy (non-hydrogen) atoms. The second kappa shape index (κ2) is 8.15. The first-order chi connectivity index (χ1) is 10.7. The molecule has 1 aromatic carbocycles. The second-order valence-electron chi connectivity index (χ2n) is 4.98. The molecule has 1 amide bonds. The van der Waals surface area contributed by atoms with Crippen molar-refractivity contribution in [2.24, 2.45) is 0 Å². The molecule has 0 aromatic heterocycles. The summed E-state index contributed by atoms with van der Waals surface area (Å²) in [6.45, 7) is 1.67. The number of hydrogen-bond donors (Lipinski definition) is 2. The topological polar surface area (TPSA) is 78.5 Å². The number of sulfonamides is 1. The fourth-order valence-corrected chi connectivity index (χ4v) is 3.13. The molecule has 136 valence electrons. The number of nitrogens with zero attached hydrogens (tertiary/aromatic N) is 1. The van der Waals surface area contributed by atoms with Crippen molar-refractivity contribution in [2.75, 3.05) is 32.7 Å². The molecular formula is C13H17ClF3N3O3S. The Morgan fingerprint density at radius 3 is 2.46 bits per heavy atom. The molecule has 1 fully saturated rings. The molecule has 0 aliphatic carbocycles. The van der Waals surface area contributed by atoms with E-state index in [-0.39, 0.29) is 12.4 Å². The largest absolute Gasteiger partial charge is 0.416 e. The first-order valence-corrected chi connectivity index (χ1v) is 8.34. The Morgan fingerprint density at radius 1 is 1.25 bits per heavy atom. The van der Waals surface area contributed by atoms with Gasteiger partial charge in [-0.25, -0.2) is 13.1 Å². The maximum absolute atomic E-state index is 12.6. The lowest BCUT2D eigenvalue weighted by Gasteiger charge is -2.27. The number of piperazine rings is 1. The third-order valence-corrected chi connectivity index (χ3v) is 4.75. The van der Waals surface area contributed by atoms with E-state index in [1.165, 1.54) is 4.90 Å². The van der Waals surface area contributed by atoms with E-state index in [0.29, 0.717) is 32.2 Å². The number of alkyl halides is 3. The summed E-state index contributed by atoms with van der Waals surface area (Å²) in [5, 5.41) is 3.05. The van der Waals surface area contributed by atoms with E-state index in [4.69, 9.17) is 0 Å². The predicted octanol–water partition coefficient (Wildman–Crippen LogP) is 0.837. The van der Waals surface area contributed by atoms with Crippen LogP contribution in [0.5, 0.6) is 0 Å². The first kappa shape index (κ1) is 20.7. The quantitative estimate of drug-likeness (QED) is 0.802. The summed E-state index contributed by atoms with van der Waals surface area (Å²) in [7, 11) is -4.19. The number of halogens is 4. The van der Waals surface area contributed by atoms with Gasteiger partial charge < -0.3 is 10.2 Å². The Bertz CT molecular complexity index is 677. The Labute approximate surface area is 143 Å². The van der Waals surface area contributed by atoms with Crippen molar-refractivity contribution in [3.05, 3.63) is 29.8 Å². The van der Waals surface area contributed by atoms with Crippen molar-refractivity contribution in [2.45, 2.75) is 11.1 Å². The zero-order valence-corrected chi connectivity index (χ0v) is 14.1. The number of nitrogens with one attached hydrogen (secondary N) is 2. The average molecular weight is 388 g/mol. The molecule has 11 heteroatoms. The monoisotopic (exact) mass is 387 g/mol. The van der Waals surface area contributed by atoms with Gasteiger partial charge in [0.1, 0.15) is 0 Å². The normalized spacial score (nSPS) is 15.7. The van der Waals surface area contributed by atoms with Crippen LogP contribution in [0.2, 0.25) is 0 Å². The van der Waals surface area contributed by atoms with Crippen LogP contribution in [0.25, 0.3) is 0 Å².